The van der Waals surface area contributed by atoms with Crippen LogP contribution in [0.25, 0.3) is 5.69 Å². The summed E-state index contributed by atoms with van der Waals surface area (Å²) in [4.78, 5) is 12.9. The van der Waals surface area contributed by atoms with Gasteiger partial charge in [0.05, 0.1) is 22.2 Å². The zero-order valence-corrected chi connectivity index (χ0v) is 20.1. The van der Waals surface area contributed by atoms with Gasteiger partial charge in [-0.15, -0.1) is 10.2 Å². The van der Waals surface area contributed by atoms with Crippen LogP contribution >= 0.6 is 11.8 Å². The summed E-state index contributed by atoms with van der Waals surface area (Å²) in [6.45, 7) is 5.96. The molecule has 0 aliphatic heterocycles. The Labute approximate surface area is 203 Å². The van der Waals surface area contributed by atoms with Crippen molar-refractivity contribution in [1.82, 2.24) is 14.8 Å². The fourth-order valence-electron chi connectivity index (χ4n) is 3.70. The van der Waals surface area contributed by atoms with Crippen molar-refractivity contribution in [3.8, 4) is 11.8 Å². The van der Waals surface area contributed by atoms with Crippen LogP contribution in [0.3, 0.4) is 0 Å². The summed E-state index contributed by atoms with van der Waals surface area (Å²) < 4.78 is 2.04. The van der Waals surface area contributed by atoms with Crippen LogP contribution in [-0.4, -0.2) is 25.9 Å². The van der Waals surface area contributed by atoms with Crippen molar-refractivity contribution in [2.75, 3.05) is 5.32 Å². The number of aryl methyl sites for hydroxylation is 2. The maximum Gasteiger partial charge on any atom is 0.237 e. The highest BCUT2D eigenvalue weighted by molar-refractivity contribution is 8.00. The number of hydrogen-bond donors (Lipinski definition) is 1. The van der Waals surface area contributed by atoms with E-state index in [0.29, 0.717) is 22.8 Å². The van der Waals surface area contributed by atoms with Crippen LogP contribution in [0.15, 0.2) is 78.0 Å². The minimum absolute atomic E-state index is 0.201. The Hall–Kier alpha value is -3.89. The number of anilines is 1. The van der Waals surface area contributed by atoms with Gasteiger partial charge < -0.3 is 5.32 Å². The number of amides is 1. The van der Waals surface area contributed by atoms with Crippen LogP contribution in [0.4, 0.5) is 5.69 Å². The zero-order valence-electron chi connectivity index (χ0n) is 19.3. The number of benzene rings is 3. The predicted molar refractivity (Wildman–Crippen MR) is 135 cm³/mol. The number of carbonyl (C=O) groups excluding carboxylic acids is 1. The van der Waals surface area contributed by atoms with Crippen LogP contribution in [0.1, 0.15) is 35.0 Å². The maximum atomic E-state index is 12.9. The third-order valence-electron chi connectivity index (χ3n) is 5.46. The molecule has 1 unspecified atom stereocenters. The first kappa shape index (κ1) is 23.3. The zero-order chi connectivity index (χ0) is 24.1. The van der Waals surface area contributed by atoms with Crippen molar-refractivity contribution in [1.29, 1.82) is 5.26 Å². The van der Waals surface area contributed by atoms with Gasteiger partial charge in [-0.25, -0.2) is 0 Å². The van der Waals surface area contributed by atoms with Gasteiger partial charge in [0.15, 0.2) is 5.16 Å². The fourth-order valence-corrected chi connectivity index (χ4v) is 4.58. The van der Waals surface area contributed by atoms with Gasteiger partial charge in [0.2, 0.25) is 5.91 Å². The Morgan fingerprint density at radius 3 is 2.53 bits per heavy atom. The van der Waals surface area contributed by atoms with Crippen LogP contribution in [0, 0.1) is 25.2 Å². The van der Waals surface area contributed by atoms with Crippen molar-refractivity contribution in [3.05, 3.63) is 101 Å². The van der Waals surface area contributed by atoms with Crippen molar-refractivity contribution in [2.24, 2.45) is 0 Å². The first-order valence-electron chi connectivity index (χ1n) is 11.0. The third kappa shape index (κ3) is 5.19. The molecule has 3 aromatic carbocycles. The van der Waals surface area contributed by atoms with Crippen LogP contribution < -0.4 is 5.32 Å². The molecule has 1 heterocycles. The molecule has 0 fully saturated rings. The van der Waals surface area contributed by atoms with E-state index < -0.39 is 5.25 Å². The van der Waals surface area contributed by atoms with Gasteiger partial charge in [0, 0.05) is 6.42 Å². The van der Waals surface area contributed by atoms with Crippen molar-refractivity contribution >= 4 is 23.4 Å². The quantitative estimate of drug-likeness (QED) is 0.365. The highest BCUT2D eigenvalue weighted by Gasteiger charge is 2.22. The molecule has 4 aromatic rings. The Balaban J connectivity index is 1.64. The largest absolute Gasteiger partial charge is 0.324 e. The molecule has 0 bridgehead atoms. The third-order valence-corrected chi connectivity index (χ3v) is 6.50. The van der Waals surface area contributed by atoms with Crippen molar-refractivity contribution in [3.63, 3.8) is 0 Å². The Morgan fingerprint density at radius 1 is 1.06 bits per heavy atom. The van der Waals surface area contributed by atoms with E-state index in [1.807, 2.05) is 29.7 Å². The lowest BCUT2D eigenvalue weighted by Gasteiger charge is -2.16. The lowest BCUT2D eigenvalue weighted by Crippen LogP contribution is -2.23. The number of nitriles is 1. The topological polar surface area (TPSA) is 83.6 Å². The molecule has 0 saturated heterocycles. The fraction of sp³-hybridized carbons (Fsp3) is 0.185. The summed E-state index contributed by atoms with van der Waals surface area (Å²) in [6.07, 6.45) is 0.623. The Bertz CT molecular complexity index is 1360. The van der Waals surface area contributed by atoms with E-state index in [1.54, 1.807) is 24.3 Å². The van der Waals surface area contributed by atoms with Crippen molar-refractivity contribution in [2.45, 2.75) is 37.6 Å². The van der Waals surface area contributed by atoms with E-state index in [1.165, 1.54) is 17.3 Å². The minimum Gasteiger partial charge on any atom is -0.324 e. The molecule has 7 heteroatoms. The lowest BCUT2D eigenvalue weighted by molar-refractivity contribution is -0.115. The Kier molecular flexibility index (Phi) is 7.09. The van der Waals surface area contributed by atoms with Gasteiger partial charge in [0.25, 0.3) is 0 Å². The molecule has 6 nitrogen and oxygen atoms in total. The molecular weight excluding hydrogens is 442 g/mol. The standard InChI is InChI=1S/C27H25N5OS/c1-18-13-14-24(19(2)15-18)32-25(16-21-9-5-4-6-10-21)30-31-27(32)34-20(3)26(33)29-23-12-8-7-11-22(23)17-28/h4-15,20H,16H2,1-3H3,(H,29,33). The molecule has 1 N–H and O–H groups in total. The molecule has 0 aliphatic carbocycles. The second-order valence-corrected chi connectivity index (χ2v) is 9.40. The van der Waals surface area contributed by atoms with Crippen LogP contribution in [-0.2, 0) is 11.2 Å². The van der Waals surface area contributed by atoms with E-state index in [2.05, 4.69) is 65.8 Å². The first-order valence-corrected chi connectivity index (χ1v) is 11.9. The van der Waals surface area contributed by atoms with Gasteiger partial charge in [-0.2, -0.15) is 5.26 Å². The molecule has 0 saturated carbocycles. The molecule has 1 aromatic heterocycles. The van der Waals surface area contributed by atoms with Crippen LogP contribution in [0.5, 0.6) is 0 Å². The molecule has 4 rings (SSSR count). The highest BCUT2D eigenvalue weighted by atomic mass is 32.2. The molecule has 1 atom stereocenters. The average molecular weight is 468 g/mol. The summed E-state index contributed by atoms with van der Waals surface area (Å²) in [5.41, 5.74) is 5.34. The molecule has 0 aliphatic rings. The molecular formula is C27H25N5OS. The second kappa shape index (κ2) is 10.4. The molecule has 1 amide bonds. The lowest BCUT2D eigenvalue weighted by atomic mass is 10.1. The second-order valence-electron chi connectivity index (χ2n) is 8.09. The number of aromatic nitrogens is 3. The number of hydrogen-bond acceptors (Lipinski definition) is 5. The minimum atomic E-state index is -0.454. The number of rotatable bonds is 7. The summed E-state index contributed by atoms with van der Waals surface area (Å²) in [5, 5.41) is 21.3. The summed E-state index contributed by atoms with van der Waals surface area (Å²) in [6, 6.07) is 25.5. The number of thioether (sulfide) groups is 1. The van der Waals surface area contributed by atoms with E-state index in [9.17, 15) is 10.1 Å². The van der Waals surface area contributed by atoms with E-state index >= 15 is 0 Å². The Morgan fingerprint density at radius 2 is 1.79 bits per heavy atom. The highest BCUT2D eigenvalue weighted by Crippen LogP contribution is 2.29. The van der Waals surface area contributed by atoms with E-state index in [0.717, 1.165) is 22.6 Å². The maximum absolute atomic E-state index is 12.9. The SMILES string of the molecule is Cc1ccc(-n2c(Cc3ccccc3)nnc2SC(C)C(=O)Nc2ccccc2C#N)c(C)c1. The summed E-state index contributed by atoms with van der Waals surface area (Å²) in [7, 11) is 0. The number of nitrogens with one attached hydrogen (secondary N) is 1. The summed E-state index contributed by atoms with van der Waals surface area (Å²) >= 11 is 1.34. The van der Waals surface area contributed by atoms with E-state index in [4.69, 9.17) is 0 Å². The normalized spacial score (nSPS) is 11.6. The van der Waals surface area contributed by atoms with Gasteiger partial charge in [-0.3, -0.25) is 9.36 Å². The molecule has 0 spiro atoms. The van der Waals surface area contributed by atoms with Gasteiger partial charge >= 0.3 is 0 Å². The summed E-state index contributed by atoms with van der Waals surface area (Å²) in [5.74, 6) is 0.607. The van der Waals surface area contributed by atoms with Crippen molar-refractivity contribution < 1.29 is 4.79 Å². The smallest absolute Gasteiger partial charge is 0.237 e. The number of nitrogens with zero attached hydrogens (tertiary/aromatic N) is 4. The van der Waals surface area contributed by atoms with Gasteiger partial charge in [0.1, 0.15) is 11.9 Å². The van der Waals surface area contributed by atoms with Gasteiger partial charge in [-0.1, -0.05) is 71.9 Å². The van der Waals surface area contributed by atoms with Gasteiger partial charge in [-0.05, 0) is 50.1 Å². The first-order chi connectivity index (χ1) is 16.5. The number of para-hydroxylation sites is 1. The predicted octanol–water partition coefficient (Wildman–Crippen LogP) is 5.47. The molecule has 34 heavy (non-hydrogen) atoms. The number of carbonyl (C=O) groups is 1. The van der Waals surface area contributed by atoms with E-state index in [-0.39, 0.29) is 5.91 Å². The average Bonchev–Trinajstić information content (AvgIpc) is 3.21. The van der Waals surface area contributed by atoms with Crippen LogP contribution in [0.2, 0.25) is 0 Å². The molecule has 0 radical (unpaired) electrons. The monoisotopic (exact) mass is 467 g/mol. The molecule has 170 valence electrons.